The van der Waals surface area contributed by atoms with Gasteiger partial charge in [0.25, 0.3) is 5.69 Å². The molecule has 0 unspecified atom stereocenters. The number of benzene rings is 2. The summed E-state index contributed by atoms with van der Waals surface area (Å²) in [5.41, 5.74) is 3.72. The summed E-state index contributed by atoms with van der Waals surface area (Å²) in [5, 5.41) is 27.8. The number of hydrogen-bond acceptors (Lipinski definition) is 8. The Kier molecular flexibility index (Phi) is 7.01. The molecule has 0 heterocycles. The van der Waals surface area contributed by atoms with E-state index in [1.807, 2.05) is 12.1 Å². The van der Waals surface area contributed by atoms with Crippen LogP contribution in [0.15, 0.2) is 51.1 Å². The normalized spacial score (nSPS) is 10.9. The second kappa shape index (κ2) is 9.22. The van der Waals surface area contributed by atoms with E-state index in [9.17, 15) is 10.1 Å². The molecule has 2 aromatic rings. The molecule has 0 aliphatic heterocycles. The van der Waals surface area contributed by atoms with Crippen LogP contribution in [0.5, 0.6) is 0 Å². The first-order valence-electron chi connectivity index (χ1n) is 7.81. The number of nitrogens with zero attached hydrogens (tertiary/aromatic N) is 4. The number of rotatable bonds is 8. The summed E-state index contributed by atoms with van der Waals surface area (Å²) in [5.74, 6) is 0. The average molecular weight is 424 g/mol. The van der Waals surface area contributed by atoms with Gasteiger partial charge in [-0.15, -0.1) is 10.1 Å². The molecule has 0 saturated heterocycles. The van der Waals surface area contributed by atoms with Crippen molar-refractivity contribution in [3.8, 4) is 0 Å². The Morgan fingerprint density at radius 1 is 1.23 bits per heavy atom. The molecular formula is C16H18BrN5O4. The minimum Gasteiger partial charge on any atom is -0.372 e. The topological polar surface area (TPSA) is 113 Å². The third kappa shape index (κ3) is 4.75. The molecule has 0 bridgehead atoms. The van der Waals surface area contributed by atoms with E-state index in [1.165, 1.54) is 12.1 Å². The predicted octanol–water partition coefficient (Wildman–Crippen LogP) is 5.44. The van der Waals surface area contributed by atoms with Crippen molar-refractivity contribution in [2.24, 2.45) is 10.2 Å². The van der Waals surface area contributed by atoms with Crippen molar-refractivity contribution in [3.63, 3.8) is 0 Å². The SMILES string of the molecule is CCN(CC)c1ccc(N=Nc2c(Br)cc(NOO)cc2[N+](=O)[O-])cc1. The van der Waals surface area contributed by atoms with Gasteiger partial charge in [0.05, 0.1) is 20.8 Å². The molecule has 0 atom stereocenters. The molecule has 0 amide bonds. The number of nitro groups is 1. The van der Waals surface area contributed by atoms with Crippen molar-refractivity contribution in [2.75, 3.05) is 23.5 Å². The highest BCUT2D eigenvalue weighted by Crippen LogP contribution is 2.39. The molecule has 2 rings (SSSR count). The Balaban J connectivity index is 2.31. The first-order chi connectivity index (χ1) is 12.5. The maximum Gasteiger partial charge on any atom is 0.300 e. The van der Waals surface area contributed by atoms with Crippen molar-refractivity contribution in [1.29, 1.82) is 0 Å². The zero-order valence-corrected chi connectivity index (χ0v) is 15.8. The molecule has 0 spiro atoms. The van der Waals surface area contributed by atoms with E-state index in [1.54, 1.807) is 12.1 Å². The van der Waals surface area contributed by atoms with Gasteiger partial charge in [-0.05, 0) is 60.1 Å². The van der Waals surface area contributed by atoms with Gasteiger partial charge in [0, 0.05) is 24.8 Å². The molecule has 9 nitrogen and oxygen atoms in total. The molecule has 0 aliphatic carbocycles. The third-order valence-electron chi connectivity index (χ3n) is 3.65. The average Bonchev–Trinajstić information content (AvgIpc) is 2.62. The smallest absolute Gasteiger partial charge is 0.300 e. The van der Waals surface area contributed by atoms with Gasteiger partial charge in [-0.1, -0.05) is 0 Å². The van der Waals surface area contributed by atoms with Gasteiger partial charge in [0.1, 0.15) is 0 Å². The first-order valence-corrected chi connectivity index (χ1v) is 8.60. The molecule has 26 heavy (non-hydrogen) atoms. The van der Waals surface area contributed by atoms with Gasteiger partial charge in [-0.25, -0.2) is 10.7 Å². The Labute approximate surface area is 158 Å². The fourth-order valence-electron chi connectivity index (χ4n) is 2.36. The van der Waals surface area contributed by atoms with Crippen LogP contribution in [0.1, 0.15) is 13.8 Å². The number of hydrogen-bond donors (Lipinski definition) is 2. The second-order valence-corrected chi connectivity index (χ2v) is 6.02. The van der Waals surface area contributed by atoms with E-state index < -0.39 is 4.92 Å². The Hall–Kier alpha value is -2.56. The van der Waals surface area contributed by atoms with Crippen LogP contribution >= 0.6 is 15.9 Å². The van der Waals surface area contributed by atoms with Gasteiger partial charge in [0.2, 0.25) is 0 Å². The van der Waals surface area contributed by atoms with Gasteiger partial charge >= 0.3 is 0 Å². The van der Waals surface area contributed by atoms with Crippen LogP contribution in [0.3, 0.4) is 0 Å². The Bertz CT molecular complexity index is 794. The molecule has 10 heteroatoms. The fourth-order valence-corrected chi connectivity index (χ4v) is 2.89. The lowest BCUT2D eigenvalue weighted by Crippen LogP contribution is -2.21. The summed E-state index contributed by atoms with van der Waals surface area (Å²) in [7, 11) is 0. The number of nitro benzene ring substituents is 1. The van der Waals surface area contributed by atoms with Crippen LogP contribution in [-0.2, 0) is 4.99 Å². The lowest BCUT2D eigenvalue weighted by molar-refractivity contribution is -0.384. The fraction of sp³-hybridized carbons (Fsp3) is 0.250. The summed E-state index contributed by atoms with van der Waals surface area (Å²) in [4.78, 5) is 16.7. The van der Waals surface area contributed by atoms with Crippen LogP contribution < -0.4 is 10.4 Å². The molecule has 0 saturated carbocycles. The number of halogens is 1. The van der Waals surface area contributed by atoms with Crippen LogP contribution in [0.4, 0.5) is 28.4 Å². The van der Waals surface area contributed by atoms with E-state index in [-0.39, 0.29) is 17.1 Å². The van der Waals surface area contributed by atoms with Gasteiger partial charge in [-0.2, -0.15) is 5.11 Å². The molecule has 0 radical (unpaired) electrons. The molecule has 2 N–H and O–H groups in total. The highest BCUT2D eigenvalue weighted by molar-refractivity contribution is 9.10. The van der Waals surface area contributed by atoms with E-state index in [0.717, 1.165) is 18.8 Å². The number of azo groups is 1. The van der Waals surface area contributed by atoms with E-state index in [4.69, 9.17) is 5.26 Å². The van der Waals surface area contributed by atoms with Gasteiger partial charge in [-0.3, -0.25) is 10.1 Å². The van der Waals surface area contributed by atoms with Crippen LogP contribution in [0.2, 0.25) is 0 Å². The van der Waals surface area contributed by atoms with Crippen molar-refractivity contribution < 1.29 is 15.2 Å². The number of anilines is 2. The van der Waals surface area contributed by atoms with Crippen LogP contribution in [0.25, 0.3) is 0 Å². The number of nitrogens with one attached hydrogen (secondary N) is 1. The minimum absolute atomic E-state index is 0.0614. The molecule has 0 aliphatic rings. The molecular weight excluding hydrogens is 406 g/mol. The molecule has 2 aromatic carbocycles. The van der Waals surface area contributed by atoms with E-state index in [2.05, 4.69) is 55.4 Å². The maximum absolute atomic E-state index is 11.3. The van der Waals surface area contributed by atoms with Gasteiger partial charge < -0.3 is 4.90 Å². The van der Waals surface area contributed by atoms with Crippen LogP contribution in [-0.4, -0.2) is 23.3 Å². The van der Waals surface area contributed by atoms with Crippen molar-refractivity contribution in [1.82, 2.24) is 0 Å². The summed E-state index contributed by atoms with van der Waals surface area (Å²) in [6.45, 7) is 5.95. The van der Waals surface area contributed by atoms with E-state index in [0.29, 0.717) is 10.2 Å². The monoisotopic (exact) mass is 423 g/mol. The maximum atomic E-state index is 11.3. The van der Waals surface area contributed by atoms with Gasteiger partial charge in [0.15, 0.2) is 5.69 Å². The third-order valence-corrected chi connectivity index (χ3v) is 4.25. The van der Waals surface area contributed by atoms with Crippen molar-refractivity contribution in [3.05, 3.63) is 51.0 Å². The highest BCUT2D eigenvalue weighted by atomic mass is 79.9. The largest absolute Gasteiger partial charge is 0.372 e. The first kappa shape index (κ1) is 19.8. The lowest BCUT2D eigenvalue weighted by atomic mass is 10.2. The minimum atomic E-state index is -0.592. The molecule has 0 aromatic heterocycles. The standard InChI is InChI=1S/C16H18BrN5O4/c1-3-21(4-2)13-7-5-11(6-8-13)18-19-16-14(17)9-12(20-26-25)10-15(16)22(23)24/h5-10,20,25H,3-4H2,1-2H3. The zero-order chi connectivity index (χ0) is 19.1. The van der Waals surface area contributed by atoms with Crippen molar-refractivity contribution >= 4 is 44.4 Å². The summed E-state index contributed by atoms with van der Waals surface area (Å²) in [6, 6.07) is 10.1. The zero-order valence-electron chi connectivity index (χ0n) is 14.2. The summed E-state index contributed by atoms with van der Waals surface area (Å²) in [6.07, 6.45) is 0. The summed E-state index contributed by atoms with van der Waals surface area (Å²) < 4.78 is 0.328. The lowest BCUT2D eigenvalue weighted by Gasteiger charge is -2.20. The molecule has 138 valence electrons. The quantitative estimate of drug-likeness (QED) is 0.253. The van der Waals surface area contributed by atoms with Crippen molar-refractivity contribution in [2.45, 2.75) is 13.8 Å². The highest BCUT2D eigenvalue weighted by Gasteiger charge is 2.19. The van der Waals surface area contributed by atoms with Crippen LogP contribution in [0, 0.1) is 10.1 Å². The second-order valence-electron chi connectivity index (χ2n) is 5.16. The van der Waals surface area contributed by atoms with E-state index >= 15 is 0 Å². The predicted molar refractivity (Wildman–Crippen MR) is 102 cm³/mol. The Morgan fingerprint density at radius 2 is 1.88 bits per heavy atom. The Morgan fingerprint density at radius 3 is 2.42 bits per heavy atom. The summed E-state index contributed by atoms with van der Waals surface area (Å²) >= 11 is 3.22. The molecule has 0 fully saturated rings.